The molecule has 0 aliphatic heterocycles. The highest BCUT2D eigenvalue weighted by Crippen LogP contribution is 2.31. The first kappa shape index (κ1) is 15.0. The highest BCUT2D eigenvalue weighted by molar-refractivity contribution is 7.99. The number of para-hydroxylation sites is 1. The molecule has 3 rings (SSSR count). The van der Waals surface area contributed by atoms with Crippen LogP contribution in [0.1, 0.15) is 44.4 Å². The maximum atomic E-state index is 5.99. The Morgan fingerprint density at radius 2 is 2.10 bits per heavy atom. The zero-order chi connectivity index (χ0) is 14.7. The minimum absolute atomic E-state index is 0.660. The minimum atomic E-state index is 0.660. The predicted molar refractivity (Wildman–Crippen MR) is 92.0 cm³/mol. The van der Waals surface area contributed by atoms with E-state index in [1.54, 1.807) is 0 Å². The molecule has 1 N–H and O–H groups in total. The van der Waals surface area contributed by atoms with Gasteiger partial charge in [0.1, 0.15) is 11.3 Å². The zero-order valence-corrected chi connectivity index (χ0v) is 13.8. The molecule has 2 unspecified atom stereocenters. The fraction of sp³-hybridized carbons (Fsp3) is 0.556. The third-order valence-corrected chi connectivity index (χ3v) is 5.80. The molecule has 21 heavy (non-hydrogen) atoms. The van der Waals surface area contributed by atoms with Gasteiger partial charge in [-0.05, 0) is 24.7 Å². The van der Waals surface area contributed by atoms with E-state index >= 15 is 0 Å². The molecule has 1 aromatic heterocycles. The topological polar surface area (TPSA) is 25.2 Å². The van der Waals surface area contributed by atoms with E-state index in [2.05, 4.69) is 49.1 Å². The number of nitrogens with one attached hydrogen (secondary N) is 1. The minimum Gasteiger partial charge on any atom is -0.461 e. The molecule has 1 fully saturated rings. The van der Waals surface area contributed by atoms with Crippen LogP contribution in [0.15, 0.2) is 28.7 Å². The van der Waals surface area contributed by atoms with E-state index < -0.39 is 0 Å². The van der Waals surface area contributed by atoms with Gasteiger partial charge < -0.3 is 9.73 Å². The number of aryl methyl sites for hydroxylation is 1. The summed E-state index contributed by atoms with van der Waals surface area (Å²) < 4.78 is 5.99. The van der Waals surface area contributed by atoms with Gasteiger partial charge in [-0.15, -0.1) is 0 Å². The number of hydrogen-bond donors (Lipinski definition) is 1. The molecule has 0 bridgehead atoms. The first-order valence-corrected chi connectivity index (χ1v) is 9.22. The third kappa shape index (κ3) is 3.14. The molecular weight excluding hydrogens is 278 g/mol. The number of fused-ring (bicyclic) bond motifs is 1. The number of hydrogen-bond acceptors (Lipinski definition) is 3. The van der Waals surface area contributed by atoms with E-state index in [1.807, 2.05) is 6.07 Å². The number of furan rings is 1. The van der Waals surface area contributed by atoms with Crippen LogP contribution in [0, 0.1) is 0 Å². The van der Waals surface area contributed by atoms with Crippen molar-refractivity contribution >= 4 is 22.7 Å². The Morgan fingerprint density at radius 3 is 2.90 bits per heavy atom. The SMILES string of the molecule is CCSC1CCCC1NCc1c(CC)oc2ccccc12. The van der Waals surface area contributed by atoms with Crippen molar-refractivity contribution in [1.82, 2.24) is 5.32 Å². The third-order valence-electron chi connectivity index (χ3n) is 4.48. The second kappa shape index (κ2) is 6.89. The first-order chi connectivity index (χ1) is 10.3. The van der Waals surface area contributed by atoms with E-state index in [1.165, 1.54) is 36.0 Å². The van der Waals surface area contributed by atoms with Crippen molar-refractivity contribution in [2.45, 2.75) is 57.4 Å². The van der Waals surface area contributed by atoms with Gasteiger partial charge >= 0.3 is 0 Å². The Labute approximate surface area is 131 Å². The van der Waals surface area contributed by atoms with Gasteiger partial charge in [-0.3, -0.25) is 0 Å². The summed E-state index contributed by atoms with van der Waals surface area (Å²) in [5.41, 5.74) is 2.39. The fourth-order valence-corrected chi connectivity index (χ4v) is 4.66. The maximum absolute atomic E-state index is 5.99. The number of benzene rings is 1. The van der Waals surface area contributed by atoms with Crippen molar-refractivity contribution in [3.63, 3.8) is 0 Å². The average molecular weight is 303 g/mol. The lowest BCUT2D eigenvalue weighted by Crippen LogP contribution is -2.33. The van der Waals surface area contributed by atoms with Crippen molar-refractivity contribution < 1.29 is 4.42 Å². The van der Waals surface area contributed by atoms with Crippen LogP contribution in [-0.4, -0.2) is 17.0 Å². The van der Waals surface area contributed by atoms with Gasteiger partial charge in [0.05, 0.1) is 0 Å². The van der Waals surface area contributed by atoms with Crippen LogP contribution in [0.2, 0.25) is 0 Å². The Balaban J connectivity index is 1.75. The van der Waals surface area contributed by atoms with E-state index in [0.29, 0.717) is 6.04 Å². The average Bonchev–Trinajstić information content (AvgIpc) is 3.09. The van der Waals surface area contributed by atoms with E-state index in [-0.39, 0.29) is 0 Å². The van der Waals surface area contributed by atoms with Crippen LogP contribution in [0.3, 0.4) is 0 Å². The predicted octanol–water partition coefficient (Wildman–Crippen LogP) is 4.76. The van der Waals surface area contributed by atoms with Crippen LogP contribution >= 0.6 is 11.8 Å². The second-order valence-electron chi connectivity index (χ2n) is 5.77. The number of rotatable bonds is 6. The summed E-state index contributed by atoms with van der Waals surface area (Å²) in [6.45, 7) is 5.37. The number of thioether (sulfide) groups is 1. The normalized spacial score (nSPS) is 22.2. The summed E-state index contributed by atoms with van der Waals surface area (Å²) in [5, 5.41) is 5.87. The Kier molecular flexibility index (Phi) is 4.91. The van der Waals surface area contributed by atoms with Gasteiger partial charge in [0.2, 0.25) is 0 Å². The van der Waals surface area contributed by atoms with Crippen molar-refractivity contribution in [1.29, 1.82) is 0 Å². The summed E-state index contributed by atoms with van der Waals surface area (Å²) in [7, 11) is 0. The van der Waals surface area contributed by atoms with Gasteiger partial charge in [-0.25, -0.2) is 0 Å². The maximum Gasteiger partial charge on any atom is 0.134 e. The summed E-state index contributed by atoms with van der Waals surface area (Å²) in [6, 6.07) is 9.07. The molecule has 0 amide bonds. The van der Waals surface area contributed by atoms with Gasteiger partial charge in [0.25, 0.3) is 0 Å². The highest BCUT2D eigenvalue weighted by atomic mass is 32.2. The van der Waals surface area contributed by atoms with Crippen LogP contribution < -0.4 is 5.32 Å². The fourth-order valence-electron chi connectivity index (χ4n) is 3.44. The Morgan fingerprint density at radius 1 is 1.24 bits per heavy atom. The molecular formula is C18H25NOS. The largest absolute Gasteiger partial charge is 0.461 e. The molecule has 2 nitrogen and oxygen atoms in total. The molecule has 0 saturated heterocycles. The van der Waals surface area contributed by atoms with Crippen LogP contribution in [0.25, 0.3) is 11.0 Å². The molecule has 1 aliphatic carbocycles. The first-order valence-electron chi connectivity index (χ1n) is 8.17. The Bertz CT molecular complexity index is 592. The summed E-state index contributed by atoms with van der Waals surface area (Å²) >= 11 is 2.11. The van der Waals surface area contributed by atoms with Crippen molar-refractivity contribution in [2.24, 2.45) is 0 Å². The zero-order valence-electron chi connectivity index (χ0n) is 13.0. The van der Waals surface area contributed by atoms with Gasteiger partial charge in [-0.2, -0.15) is 11.8 Å². The second-order valence-corrected chi connectivity index (χ2v) is 7.28. The van der Waals surface area contributed by atoms with Gasteiger partial charge in [-0.1, -0.05) is 38.5 Å². The lowest BCUT2D eigenvalue weighted by Gasteiger charge is -2.20. The summed E-state index contributed by atoms with van der Waals surface area (Å²) in [4.78, 5) is 0. The molecule has 1 aliphatic rings. The lowest BCUT2D eigenvalue weighted by molar-refractivity contribution is 0.512. The molecule has 1 heterocycles. The lowest BCUT2D eigenvalue weighted by atomic mass is 10.1. The molecule has 0 radical (unpaired) electrons. The van der Waals surface area contributed by atoms with Gasteiger partial charge in [0.15, 0.2) is 0 Å². The molecule has 1 aromatic carbocycles. The standard InChI is InChI=1S/C18H25NOS/c1-3-16-14(13-8-5-6-10-17(13)20-16)12-19-15-9-7-11-18(15)21-4-2/h5-6,8,10,15,18-19H,3-4,7,9,11-12H2,1-2H3. The Hall–Kier alpha value is -0.930. The molecule has 2 aromatic rings. The highest BCUT2D eigenvalue weighted by Gasteiger charge is 2.27. The van der Waals surface area contributed by atoms with Crippen LogP contribution in [-0.2, 0) is 13.0 Å². The van der Waals surface area contributed by atoms with Crippen molar-refractivity contribution in [3.8, 4) is 0 Å². The van der Waals surface area contributed by atoms with Crippen LogP contribution in [0.5, 0.6) is 0 Å². The van der Waals surface area contributed by atoms with Crippen LogP contribution in [0.4, 0.5) is 0 Å². The van der Waals surface area contributed by atoms with Crippen molar-refractivity contribution in [2.75, 3.05) is 5.75 Å². The quantitative estimate of drug-likeness (QED) is 0.833. The molecule has 3 heteroatoms. The molecule has 114 valence electrons. The van der Waals surface area contributed by atoms with E-state index in [4.69, 9.17) is 4.42 Å². The van der Waals surface area contributed by atoms with E-state index in [9.17, 15) is 0 Å². The smallest absolute Gasteiger partial charge is 0.134 e. The molecule has 0 spiro atoms. The molecule has 2 atom stereocenters. The van der Waals surface area contributed by atoms with Gasteiger partial charge in [0, 0.05) is 35.2 Å². The van der Waals surface area contributed by atoms with E-state index in [0.717, 1.165) is 29.6 Å². The monoisotopic (exact) mass is 303 g/mol. The van der Waals surface area contributed by atoms with Crippen molar-refractivity contribution in [3.05, 3.63) is 35.6 Å². The molecule has 1 saturated carbocycles. The summed E-state index contributed by atoms with van der Waals surface area (Å²) in [6.07, 6.45) is 5.00. The summed E-state index contributed by atoms with van der Waals surface area (Å²) in [5.74, 6) is 2.36.